The van der Waals surface area contributed by atoms with Crippen LogP contribution >= 0.6 is 0 Å². The smallest absolute Gasteiger partial charge is 0.224 e. The molecule has 3 N–H and O–H groups in total. The summed E-state index contributed by atoms with van der Waals surface area (Å²) in [5.41, 5.74) is 4.16. The fraction of sp³-hybridized carbons (Fsp3) is 0.267. The molecule has 5 aromatic rings. The summed E-state index contributed by atoms with van der Waals surface area (Å²) in [5.74, 6) is 1.98. The lowest BCUT2D eigenvalue weighted by Gasteiger charge is -2.14. The molecule has 3 aromatic carbocycles. The van der Waals surface area contributed by atoms with Gasteiger partial charge in [-0.25, -0.2) is 9.97 Å². The van der Waals surface area contributed by atoms with Gasteiger partial charge in [-0.2, -0.15) is 5.10 Å². The summed E-state index contributed by atoms with van der Waals surface area (Å²) in [4.78, 5) is 24.1. The average molecular weight is 524 g/mol. The van der Waals surface area contributed by atoms with Gasteiger partial charge in [-0.05, 0) is 75.5 Å². The molecule has 0 fully saturated rings. The van der Waals surface area contributed by atoms with E-state index in [0.29, 0.717) is 24.7 Å². The lowest BCUT2D eigenvalue weighted by atomic mass is 10.1. The first-order valence-electron chi connectivity index (χ1n) is 13.2. The molecule has 0 aliphatic carbocycles. The normalized spacial score (nSPS) is 11.3. The van der Waals surface area contributed by atoms with Crippen molar-refractivity contribution in [2.24, 2.45) is 0 Å². The number of aromatic nitrogens is 4. The van der Waals surface area contributed by atoms with Crippen LogP contribution in [-0.2, 0) is 4.79 Å². The van der Waals surface area contributed by atoms with Gasteiger partial charge in [0.05, 0.1) is 23.8 Å². The number of nitrogens with zero attached hydrogens (tertiary/aromatic N) is 4. The van der Waals surface area contributed by atoms with Crippen LogP contribution in [0.5, 0.6) is 5.75 Å². The van der Waals surface area contributed by atoms with Gasteiger partial charge in [0.15, 0.2) is 5.82 Å². The number of rotatable bonds is 11. The second-order valence-electron chi connectivity index (χ2n) is 9.76. The highest BCUT2D eigenvalue weighted by Gasteiger charge is 2.13. The highest BCUT2D eigenvalue weighted by molar-refractivity contribution is 5.95. The number of amides is 1. The Morgan fingerprint density at radius 3 is 2.77 bits per heavy atom. The van der Waals surface area contributed by atoms with Crippen LogP contribution in [0.4, 0.5) is 17.2 Å². The van der Waals surface area contributed by atoms with Gasteiger partial charge in [-0.15, -0.1) is 0 Å². The van der Waals surface area contributed by atoms with Crippen molar-refractivity contribution in [3.63, 3.8) is 0 Å². The summed E-state index contributed by atoms with van der Waals surface area (Å²) in [6, 6.07) is 19.5. The molecule has 0 aliphatic rings. The Hall–Kier alpha value is -4.50. The Balaban J connectivity index is 1.51. The summed E-state index contributed by atoms with van der Waals surface area (Å²) in [7, 11) is 4.11. The molecule has 0 atom stereocenters. The molecular formula is C30H33N7O2. The Kier molecular flexibility index (Phi) is 7.98. The average Bonchev–Trinajstić information content (AvgIpc) is 3.39. The highest BCUT2D eigenvalue weighted by Crippen LogP contribution is 2.31. The number of hydrogen-bond donors (Lipinski definition) is 3. The van der Waals surface area contributed by atoms with E-state index in [0.717, 1.165) is 63.9 Å². The predicted octanol–water partition coefficient (Wildman–Crippen LogP) is 5.99. The second kappa shape index (κ2) is 11.9. The first kappa shape index (κ1) is 26.1. The minimum Gasteiger partial charge on any atom is -0.494 e. The monoisotopic (exact) mass is 523 g/mol. The van der Waals surface area contributed by atoms with Crippen molar-refractivity contribution >= 4 is 44.9 Å². The van der Waals surface area contributed by atoms with Crippen LogP contribution in [0.25, 0.3) is 33.2 Å². The minimum absolute atomic E-state index is 0.0100. The number of fused-ring (bicyclic) bond motifs is 2. The van der Waals surface area contributed by atoms with Gasteiger partial charge in [-0.1, -0.05) is 19.1 Å². The van der Waals surface area contributed by atoms with Crippen LogP contribution in [0.1, 0.15) is 26.2 Å². The molecule has 39 heavy (non-hydrogen) atoms. The Bertz CT molecular complexity index is 1600. The van der Waals surface area contributed by atoms with Crippen molar-refractivity contribution < 1.29 is 9.53 Å². The number of H-pyrrole nitrogens is 1. The summed E-state index contributed by atoms with van der Waals surface area (Å²) >= 11 is 0. The van der Waals surface area contributed by atoms with Crippen LogP contribution in [-0.4, -0.2) is 58.2 Å². The highest BCUT2D eigenvalue weighted by atomic mass is 16.5. The molecule has 9 nitrogen and oxygen atoms in total. The van der Waals surface area contributed by atoms with Crippen LogP contribution < -0.4 is 15.4 Å². The van der Waals surface area contributed by atoms with Crippen molar-refractivity contribution in [1.29, 1.82) is 0 Å². The van der Waals surface area contributed by atoms with Crippen LogP contribution in [0.3, 0.4) is 0 Å². The molecule has 200 valence electrons. The van der Waals surface area contributed by atoms with Gasteiger partial charge < -0.3 is 20.3 Å². The lowest BCUT2D eigenvalue weighted by molar-refractivity contribution is -0.116. The number of hydrogen-bond acceptors (Lipinski definition) is 7. The van der Waals surface area contributed by atoms with Crippen molar-refractivity contribution in [2.75, 3.05) is 37.9 Å². The van der Waals surface area contributed by atoms with Crippen molar-refractivity contribution in [3.8, 4) is 17.1 Å². The van der Waals surface area contributed by atoms with E-state index in [-0.39, 0.29) is 5.91 Å². The molecule has 0 bridgehead atoms. The molecule has 9 heteroatoms. The number of nitrogens with one attached hydrogen (secondary N) is 3. The van der Waals surface area contributed by atoms with Gasteiger partial charge >= 0.3 is 0 Å². The molecule has 0 unspecified atom stereocenters. The predicted molar refractivity (Wildman–Crippen MR) is 157 cm³/mol. The Labute approximate surface area is 227 Å². The zero-order chi connectivity index (χ0) is 27.2. The number of benzene rings is 3. The number of carbonyl (C=O) groups excluding carboxylic acids is 1. The van der Waals surface area contributed by atoms with Crippen molar-refractivity contribution in [1.82, 2.24) is 25.1 Å². The molecule has 0 saturated carbocycles. The molecule has 0 aliphatic heterocycles. The molecule has 2 heterocycles. The van der Waals surface area contributed by atoms with Crippen LogP contribution in [0.2, 0.25) is 0 Å². The van der Waals surface area contributed by atoms with E-state index in [9.17, 15) is 4.79 Å². The van der Waals surface area contributed by atoms with Gasteiger partial charge in [-0.3, -0.25) is 9.89 Å². The summed E-state index contributed by atoms with van der Waals surface area (Å²) in [6.07, 6.45) is 4.00. The maximum atomic E-state index is 12.2. The first-order chi connectivity index (χ1) is 19.0. The van der Waals surface area contributed by atoms with Crippen molar-refractivity contribution in [2.45, 2.75) is 26.2 Å². The maximum Gasteiger partial charge on any atom is 0.224 e. The zero-order valence-corrected chi connectivity index (χ0v) is 22.5. The summed E-state index contributed by atoms with van der Waals surface area (Å²) in [6.45, 7) is 3.57. The fourth-order valence-electron chi connectivity index (χ4n) is 4.34. The van der Waals surface area contributed by atoms with E-state index in [1.165, 1.54) is 0 Å². The number of anilines is 3. The lowest BCUT2D eigenvalue weighted by Crippen LogP contribution is -2.15. The van der Waals surface area contributed by atoms with E-state index >= 15 is 0 Å². The number of aromatic amines is 1. The second-order valence-corrected chi connectivity index (χ2v) is 9.76. The zero-order valence-electron chi connectivity index (χ0n) is 22.5. The van der Waals surface area contributed by atoms with Gasteiger partial charge in [0.25, 0.3) is 0 Å². The minimum atomic E-state index is -0.0100. The third kappa shape index (κ3) is 6.50. The molecule has 2 aromatic heterocycles. The van der Waals surface area contributed by atoms with E-state index in [1.807, 2.05) is 67.6 Å². The van der Waals surface area contributed by atoms with E-state index in [2.05, 4.69) is 39.8 Å². The molecule has 1 amide bonds. The standard InChI is InChI=1S/C30H33N7O2/c1-4-7-28(38)32-22-9-5-8-20(16-22)29-34-27-13-11-24(39-15-6-14-37(2)3)18-25(27)30(35-29)33-23-10-12-26-21(17-23)19-31-36-26/h5,8-13,16-19H,4,6-7,14-15H2,1-3H3,(H,31,36)(H,32,38)(H,33,34,35). The van der Waals surface area contributed by atoms with E-state index < -0.39 is 0 Å². The number of carbonyl (C=O) groups is 1. The Morgan fingerprint density at radius 2 is 1.92 bits per heavy atom. The maximum absolute atomic E-state index is 12.2. The fourth-order valence-corrected chi connectivity index (χ4v) is 4.34. The van der Waals surface area contributed by atoms with Crippen LogP contribution in [0, 0.1) is 0 Å². The quantitative estimate of drug-likeness (QED) is 0.183. The van der Waals surface area contributed by atoms with E-state index in [4.69, 9.17) is 14.7 Å². The van der Waals surface area contributed by atoms with Gasteiger partial charge in [0, 0.05) is 40.7 Å². The molecule has 0 spiro atoms. The third-order valence-corrected chi connectivity index (χ3v) is 6.27. The van der Waals surface area contributed by atoms with E-state index in [1.54, 1.807) is 6.20 Å². The molecule has 0 radical (unpaired) electrons. The van der Waals surface area contributed by atoms with Crippen LogP contribution in [0.15, 0.2) is 66.9 Å². The summed E-state index contributed by atoms with van der Waals surface area (Å²) in [5, 5.41) is 15.4. The molecule has 5 rings (SSSR count). The summed E-state index contributed by atoms with van der Waals surface area (Å²) < 4.78 is 6.04. The third-order valence-electron chi connectivity index (χ3n) is 6.27. The molecular weight excluding hydrogens is 490 g/mol. The Morgan fingerprint density at radius 1 is 1.03 bits per heavy atom. The van der Waals surface area contributed by atoms with Crippen molar-refractivity contribution in [3.05, 3.63) is 66.9 Å². The number of ether oxygens (including phenoxy) is 1. The largest absolute Gasteiger partial charge is 0.494 e. The van der Waals surface area contributed by atoms with Gasteiger partial charge in [0.1, 0.15) is 11.6 Å². The SMILES string of the molecule is CCCC(=O)Nc1cccc(-c2nc(Nc3ccc4[nH]ncc4c3)c3cc(OCCCN(C)C)ccc3n2)c1. The van der Waals surface area contributed by atoms with Gasteiger partial charge in [0.2, 0.25) is 5.91 Å². The topological polar surface area (TPSA) is 108 Å². The molecule has 0 saturated heterocycles. The first-order valence-corrected chi connectivity index (χ1v) is 13.2.